The molecule has 0 saturated carbocycles. The second-order valence-corrected chi connectivity index (χ2v) is 5.04. The molecule has 2 N–H and O–H groups in total. The molecule has 2 nitrogen and oxygen atoms in total. The number of nitrogens with two attached hydrogens (primary N) is 1. The molecule has 1 aliphatic carbocycles. The zero-order valence-corrected chi connectivity index (χ0v) is 10.8. The SMILES string of the molecule is CC(N)C(OC1CCCc2ccccc21)C(F)(F)F. The molecule has 0 fully saturated rings. The van der Waals surface area contributed by atoms with Gasteiger partial charge in [-0.05, 0) is 37.3 Å². The Balaban J connectivity index is 2.20. The Labute approximate surface area is 110 Å². The van der Waals surface area contributed by atoms with Gasteiger partial charge in [-0.3, -0.25) is 0 Å². The molecule has 0 radical (unpaired) electrons. The number of ether oxygens (including phenoxy) is 1. The molecule has 0 aromatic heterocycles. The third-order valence-corrected chi connectivity index (χ3v) is 3.43. The summed E-state index contributed by atoms with van der Waals surface area (Å²) in [6.07, 6.45) is -4.52. The average molecular weight is 273 g/mol. The molecule has 3 unspecified atom stereocenters. The molecule has 19 heavy (non-hydrogen) atoms. The highest BCUT2D eigenvalue weighted by Gasteiger charge is 2.44. The summed E-state index contributed by atoms with van der Waals surface area (Å²) in [5, 5.41) is 0. The van der Waals surface area contributed by atoms with Gasteiger partial charge in [0, 0.05) is 6.04 Å². The maximum atomic E-state index is 12.9. The number of hydrogen-bond acceptors (Lipinski definition) is 2. The molecule has 3 atom stereocenters. The van der Waals surface area contributed by atoms with Crippen LogP contribution in [0.1, 0.15) is 37.0 Å². The molecular weight excluding hydrogens is 255 g/mol. The number of rotatable bonds is 3. The standard InChI is InChI=1S/C14H18F3NO/c1-9(18)13(14(15,16)17)19-12-8-4-6-10-5-2-3-7-11(10)12/h2-3,5,7,9,12-13H,4,6,8,18H2,1H3. The van der Waals surface area contributed by atoms with Crippen LogP contribution in [0, 0.1) is 0 Å². The van der Waals surface area contributed by atoms with Gasteiger partial charge in [-0.25, -0.2) is 0 Å². The average Bonchev–Trinajstić information content (AvgIpc) is 2.34. The zero-order valence-electron chi connectivity index (χ0n) is 10.8. The second-order valence-electron chi connectivity index (χ2n) is 5.04. The molecule has 5 heteroatoms. The number of benzene rings is 1. The topological polar surface area (TPSA) is 35.2 Å². The van der Waals surface area contributed by atoms with E-state index in [1.807, 2.05) is 24.3 Å². The van der Waals surface area contributed by atoms with Crippen molar-refractivity contribution >= 4 is 0 Å². The van der Waals surface area contributed by atoms with Gasteiger partial charge in [0.2, 0.25) is 0 Å². The van der Waals surface area contributed by atoms with E-state index in [1.165, 1.54) is 6.92 Å². The molecule has 0 spiro atoms. The Morgan fingerprint density at radius 2 is 2.00 bits per heavy atom. The smallest absolute Gasteiger partial charge is 0.359 e. The summed E-state index contributed by atoms with van der Waals surface area (Å²) >= 11 is 0. The molecule has 0 heterocycles. The Morgan fingerprint density at radius 3 is 2.63 bits per heavy atom. The fourth-order valence-corrected chi connectivity index (χ4v) is 2.53. The molecule has 1 aromatic rings. The minimum Gasteiger partial charge on any atom is -0.359 e. The molecule has 0 amide bonds. The summed E-state index contributed by atoms with van der Waals surface area (Å²) in [7, 11) is 0. The summed E-state index contributed by atoms with van der Waals surface area (Å²) in [5.74, 6) is 0. The quantitative estimate of drug-likeness (QED) is 0.916. The first-order valence-corrected chi connectivity index (χ1v) is 6.45. The van der Waals surface area contributed by atoms with E-state index in [4.69, 9.17) is 10.5 Å². The van der Waals surface area contributed by atoms with Gasteiger partial charge in [-0.2, -0.15) is 13.2 Å². The van der Waals surface area contributed by atoms with E-state index in [9.17, 15) is 13.2 Å². The fraction of sp³-hybridized carbons (Fsp3) is 0.571. The summed E-state index contributed by atoms with van der Waals surface area (Å²) < 4.78 is 44.0. The largest absolute Gasteiger partial charge is 0.416 e. The lowest BCUT2D eigenvalue weighted by molar-refractivity contribution is -0.240. The number of halogens is 3. The molecule has 1 aliphatic rings. The van der Waals surface area contributed by atoms with Crippen LogP contribution < -0.4 is 5.73 Å². The molecular formula is C14H18F3NO. The first-order valence-electron chi connectivity index (χ1n) is 6.45. The Bertz CT molecular complexity index is 431. The maximum absolute atomic E-state index is 12.9. The van der Waals surface area contributed by atoms with E-state index in [2.05, 4.69) is 0 Å². The van der Waals surface area contributed by atoms with E-state index in [1.54, 1.807) is 0 Å². The Morgan fingerprint density at radius 1 is 1.32 bits per heavy atom. The van der Waals surface area contributed by atoms with Gasteiger partial charge in [0.15, 0.2) is 6.10 Å². The highest BCUT2D eigenvalue weighted by atomic mass is 19.4. The van der Waals surface area contributed by atoms with Crippen LogP contribution in [-0.4, -0.2) is 18.3 Å². The van der Waals surface area contributed by atoms with Crippen molar-refractivity contribution in [3.05, 3.63) is 35.4 Å². The van der Waals surface area contributed by atoms with Crippen molar-refractivity contribution in [1.29, 1.82) is 0 Å². The molecule has 0 bridgehead atoms. The second kappa shape index (κ2) is 5.51. The van der Waals surface area contributed by atoms with Crippen LogP contribution in [0.5, 0.6) is 0 Å². The van der Waals surface area contributed by atoms with Crippen LogP contribution in [0.2, 0.25) is 0 Å². The van der Waals surface area contributed by atoms with E-state index in [0.29, 0.717) is 6.42 Å². The number of fused-ring (bicyclic) bond motifs is 1. The van der Waals surface area contributed by atoms with Gasteiger partial charge >= 0.3 is 6.18 Å². The van der Waals surface area contributed by atoms with Gasteiger partial charge in [-0.1, -0.05) is 24.3 Å². The van der Waals surface area contributed by atoms with Crippen LogP contribution in [-0.2, 0) is 11.2 Å². The highest BCUT2D eigenvalue weighted by Crippen LogP contribution is 2.36. The fourth-order valence-electron chi connectivity index (χ4n) is 2.53. The van der Waals surface area contributed by atoms with Crippen molar-refractivity contribution in [2.45, 2.75) is 50.6 Å². The van der Waals surface area contributed by atoms with Crippen LogP contribution >= 0.6 is 0 Å². The van der Waals surface area contributed by atoms with Crippen LogP contribution in [0.3, 0.4) is 0 Å². The van der Waals surface area contributed by atoms with Gasteiger partial charge in [-0.15, -0.1) is 0 Å². The van der Waals surface area contributed by atoms with E-state index in [0.717, 1.165) is 24.0 Å². The number of alkyl halides is 3. The number of hydrogen-bond donors (Lipinski definition) is 1. The van der Waals surface area contributed by atoms with Crippen molar-refractivity contribution in [3.63, 3.8) is 0 Å². The van der Waals surface area contributed by atoms with Crippen molar-refractivity contribution in [3.8, 4) is 0 Å². The van der Waals surface area contributed by atoms with Gasteiger partial charge in [0.05, 0.1) is 6.10 Å². The van der Waals surface area contributed by atoms with E-state index in [-0.39, 0.29) is 0 Å². The first kappa shape index (κ1) is 14.3. The van der Waals surface area contributed by atoms with Crippen molar-refractivity contribution in [2.24, 2.45) is 5.73 Å². The Hall–Kier alpha value is -1.07. The summed E-state index contributed by atoms with van der Waals surface area (Å²) in [6.45, 7) is 1.33. The third kappa shape index (κ3) is 3.28. The van der Waals surface area contributed by atoms with Gasteiger partial charge in [0.25, 0.3) is 0 Å². The van der Waals surface area contributed by atoms with Crippen LogP contribution in [0.25, 0.3) is 0 Å². The predicted molar refractivity (Wildman–Crippen MR) is 66.7 cm³/mol. The van der Waals surface area contributed by atoms with Crippen LogP contribution in [0.15, 0.2) is 24.3 Å². The summed E-state index contributed by atoms with van der Waals surface area (Å²) in [6, 6.07) is 6.44. The summed E-state index contributed by atoms with van der Waals surface area (Å²) in [5.41, 5.74) is 7.35. The minimum absolute atomic E-state index is 0.512. The normalized spacial score (nSPS) is 22.7. The van der Waals surface area contributed by atoms with Gasteiger partial charge in [0.1, 0.15) is 0 Å². The van der Waals surface area contributed by atoms with E-state index >= 15 is 0 Å². The molecule has 0 aliphatic heterocycles. The third-order valence-electron chi connectivity index (χ3n) is 3.43. The van der Waals surface area contributed by atoms with Crippen molar-refractivity contribution in [2.75, 3.05) is 0 Å². The first-order chi connectivity index (χ1) is 8.89. The number of aryl methyl sites for hydroxylation is 1. The minimum atomic E-state index is -4.43. The van der Waals surface area contributed by atoms with E-state index < -0.39 is 24.4 Å². The molecule has 2 rings (SSSR count). The van der Waals surface area contributed by atoms with Gasteiger partial charge < -0.3 is 10.5 Å². The predicted octanol–water partition coefficient (Wildman–Crippen LogP) is 3.36. The summed E-state index contributed by atoms with van der Waals surface area (Å²) in [4.78, 5) is 0. The lowest BCUT2D eigenvalue weighted by Gasteiger charge is -2.32. The maximum Gasteiger partial charge on any atom is 0.416 e. The molecule has 106 valence electrons. The zero-order chi connectivity index (χ0) is 14.0. The molecule has 0 saturated heterocycles. The van der Waals surface area contributed by atoms with Crippen molar-refractivity contribution in [1.82, 2.24) is 0 Å². The van der Waals surface area contributed by atoms with Crippen molar-refractivity contribution < 1.29 is 17.9 Å². The monoisotopic (exact) mass is 273 g/mol. The molecule has 1 aromatic carbocycles. The Kier molecular flexibility index (Phi) is 4.16. The lowest BCUT2D eigenvalue weighted by Crippen LogP contribution is -2.46. The van der Waals surface area contributed by atoms with Crippen LogP contribution in [0.4, 0.5) is 13.2 Å². The highest BCUT2D eigenvalue weighted by molar-refractivity contribution is 5.31. The lowest BCUT2D eigenvalue weighted by atomic mass is 9.89.